The van der Waals surface area contributed by atoms with E-state index in [1.807, 2.05) is 10.9 Å². The lowest BCUT2D eigenvalue weighted by Crippen LogP contribution is -1.86. The van der Waals surface area contributed by atoms with E-state index in [0.717, 1.165) is 12.1 Å². The second kappa shape index (κ2) is 1.22. The fourth-order valence-electron chi connectivity index (χ4n) is 0.847. The van der Waals surface area contributed by atoms with Crippen LogP contribution in [0.4, 0.5) is 0 Å². The molecule has 0 unspecified atom stereocenters. The molecule has 2 heteroatoms. The first-order valence-corrected chi connectivity index (χ1v) is 2.57. The van der Waals surface area contributed by atoms with Crippen molar-refractivity contribution in [2.45, 2.75) is 6.42 Å². The molecule has 1 aliphatic rings. The van der Waals surface area contributed by atoms with Crippen LogP contribution in [0.5, 0.6) is 0 Å². The third kappa shape index (κ3) is 0.346. The highest BCUT2D eigenvalue weighted by molar-refractivity contribution is 5.32. The van der Waals surface area contributed by atoms with Gasteiger partial charge in [0.05, 0.1) is 11.9 Å². The van der Waals surface area contributed by atoms with Crippen LogP contribution < -0.4 is 0 Å². The van der Waals surface area contributed by atoms with Crippen molar-refractivity contribution in [3.05, 3.63) is 24.0 Å². The second-order valence-corrected chi connectivity index (χ2v) is 1.77. The first-order chi connectivity index (χ1) is 3.97. The predicted octanol–water partition coefficient (Wildman–Crippen LogP) is 0.710. The monoisotopic (exact) mass is 105 g/mol. The average Bonchev–Trinajstić information content (AvgIpc) is 2.15. The van der Waals surface area contributed by atoms with Crippen LogP contribution in [0.1, 0.15) is 5.69 Å². The van der Waals surface area contributed by atoms with Gasteiger partial charge in [0.25, 0.3) is 0 Å². The highest BCUT2D eigenvalue weighted by Crippen LogP contribution is 2.06. The third-order valence-electron chi connectivity index (χ3n) is 1.25. The van der Waals surface area contributed by atoms with Crippen molar-refractivity contribution in [1.82, 2.24) is 9.78 Å². The van der Waals surface area contributed by atoms with E-state index >= 15 is 0 Å². The van der Waals surface area contributed by atoms with Gasteiger partial charge in [-0.2, -0.15) is 5.10 Å². The summed E-state index contributed by atoms with van der Waals surface area (Å²) in [6, 6.07) is 3.01. The molecule has 0 bridgehead atoms. The zero-order valence-electron chi connectivity index (χ0n) is 4.33. The maximum atomic E-state index is 3.97. The minimum absolute atomic E-state index is 0.986. The van der Waals surface area contributed by atoms with Gasteiger partial charge in [-0.15, -0.1) is 0 Å². The van der Waals surface area contributed by atoms with Gasteiger partial charge in [-0.05, 0) is 0 Å². The number of hydrogen-bond donors (Lipinski definition) is 0. The molecule has 8 heavy (non-hydrogen) atoms. The lowest BCUT2D eigenvalue weighted by atomic mass is 10.3. The van der Waals surface area contributed by atoms with Crippen molar-refractivity contribution in [2.75, 3.05) is 0 Å². The molecule has 1 aromatic rings. The summed E-state index contributed by atoms with van der Waals surface area (Å²) in [5.41, 5.74) is 1.16. The lowest BCUT2D eigenvalue weighted by molar-refractivity contribution is 0.907. The van der Waals surface area contributed by atoms with Crippen LogP contribution >= 0.6 is 0 Å². The first-order valence-electron chi connectivity index (χ1n) is 2.57. The summed E-state index contributed by atoms with van der Waals surface area (Å²) in [6.07, 6.45) is 6.70. The van der Waals surface area contributed by atoms with Gasteiger partial charge < -0.3 is 0 Å². The van der Waals surface area contributed by atoms with Gasteiger partial charge in [-0.3, -0.25) is 0 Å². The SMILES string of the molecule is [c]1cnn2c1CC=C2. The normalized spacial score (nSPS) is 14.5. The summed E-state index contributed by atoms with van der Waals surface area (Å²) in [5, 5.41) is 3.97. The molecule has 0 amide bonds. The smallest absolute Gasteiger partial charge is 0.0576 e. The second-order valence-electron chi connectivity index (χ2n) is 1.77. The van der Waals surface area contributed by atoms with Crippen molar-refractivity contribution in [3.63, 3.8) is 0 Å². The fraction of sp³-hybridized carbons (Fsp3) is 0.167. The molecule has 0 fully saturated rings. The van der Waals surface area contributed by atoms with Gasteiger partial charge in [0.1, 0.15) is 0 Å². The zero-order valence-corrected chi connectivity index (χ0v) is 4.33. The Morgan fingerprint density at radius 3 is 3.62 bits per heavy atom. The van der Waals surface area contributed by atoms with E-state index < -0.39 is 0 Å². The van der Waals surface area contributed by atoms with Gasteiger partial charge in [0.2, 0.25) is 0 Å². The van der Waals surface area contributed by atoms with E-state index in [0.29, 0.717) is 0 Å². The molecule has 0 saturated heterocycles. The van der Waals surface area contributed by atoms with E-state index in [1.165, 1.54) is 0 Å². The minimum Gasteiger partial charge on any atom is -0.244 e. The van der Waals surface area contributed by atoms with E-state index in [4.69, 9.17) is 0 Å². The van der Waals surface area contributed by atoms with Crippen molar-refractivity contribution >= 4 is 6.20 Å². The molecular formula is C6H5N2. The maximum absolute atomic E-state index is 3.97. The van der Waals surface area contributed by atoms with Crippen molar-refractivity contribution in [1.29, 1.82) is 0 Å². The van der Waals surface area contributed by atoms with Gasteiger partial charge in [-0.1, -0.05) is 6.08 Å². The maximum Gasteiger partial charge on any atom is 0.0576 e. The van der Waals surface area contributed by atoms with Crippen LogP contribution in [-0.4, -0.2) is 9.78 Å². The van der Waals surface area contributed by atoms with Crippen LogP contribution in [0, 0.1) is 6.07 Å². The molecule has 1 aromatic heterocycles. The van der Waals surface area contributed by atoms with Crippen LogP contribution in [0.3, 0.4) is 0 Å². The predicted molar refractivity (Wildman–Crippen MR) is 30.1 cm³/mol. The Kier molecular flexibility index (Phi) is 0.592. The standard InChI is InChI=1S/C6H5N2/c1-2-6-3-4-7-8(6)5-1/h1,4-5H,2H2. The highest BCUT2D eigenvalue weighted by atomic mass is 15.3. The number of hydrogen-bond acceptors (Lipinski definition) is 1. The van der Waals surface area contributed by atoms with E-state index in [9.17, 15) is 0 Å². The summed E-state index contributed by atoms with van der Waals surface area (Å²) in [5.74, 6) is 0. The Hall–Kier alpha value is -1.05. The molecule has 0 saturated carbocycles. The molecule has 0 atom stereocenters. The van der Waals surface area contributed by atoms with Crippen LogP contribution in [-0.2, 0) is 6.42 Å². The molecule has 2 rings (SSSR count). The highest BCUT2D eigenvalue weighted by Gasteiger charge is 2.01. The van der Waals surface area contributed by atoms with E-state index in [2.05, 4.69) is 17.2 Å². The lowest BCUT2D eigenvalue weighted by Gasteiger charge is -1.85. The molecule has 1 radical (unpaired) electrons. The number of fused-ring (bicyclic) bond motifs is 1. The quantitative estimate of drug-likeness (QED) is 0.475. The van der Waals surface area contributed by atoms with Gasteiger partial charge in [-0.25, -0.2) is 4.68 Å². The molecule has 0 spiro atoms. The number of rotatable bonds is 0. The first kappa shape index (κ1) is 3.89. The number of nitrogens with zero attached hydrogens (tertiary/aromatic N) is 2. The van der Waals surface area contributed by atoms with E-state index in [-0.39, 0.29) is 0 Å². The van der Waals surface area contributed by atoms with Crippen molar-refractivity contribution in [2.24, 2.45) is 0 Å². The molecule has 0 aromatic carbocycles. The molecular weight excluding hydrogens is 100 g/mol. The molecule has 39 valence electrons. The Bertz CT molecular complexity index is 222. The Labute approximate surface area is 47.4 Å². The van der Waals surface area contributed by atoms with Gasteiger partial charge in [0, 0.05) is 18.7 Å². The van der Waals surface area contributed by atoms with Crippen molar-refractivity contribution < 1.29 is 0 Å². The molecule has 1 aliphatic heterocycles. The van der Waals surface area contributed by atoms with E-state index in [1.54, 1.807) is 6.20 Å². The average molecular weight is 105 g/mol. The molecule has 0 N–H and O–H groups in total. The summed E-state index contributed by atoms with van der Waals surface area (Å²) in [6.45, 7) is 0. The summed E-state index contributed by atoms with van der Waals surface area (Å²) >= 11 is 0. The number of aromatic nitrogens is 2. The largest absolute Gasteiger partial charge is 0.244 e. The number of allylic oxidation sites excluding steroid dienone is 1. The topological polar surface area (TPSA) is 17.8 Å². The van der Waals surface area contributed by atoms with Crippen LogP contribution in [0.25, 0.3) is 6.20 Å². The summed E-state index contributed by atoms with van der Waals surface area (Å²) < 4.78 is 1.83. The van der Waals surface area contributed by atoms with Crippen LogP contribution in [0.2, 0.25) is 0 Å². The summed E-state index contributed by atoms with van der Waals surface area (Å²) in [7, 11) is 0. The Morgan fingerprint density at radius 1 is 1.75 bits per heavy atom. The Morgan fingerprint density at radius 2 is 2.75 bits per heavy atom. The summed E-state index contributed by atoms with van der Waals surface area (Å²) in [4.78, 5) is 0. The molecule has 0 aliphatic carbocycles. The van der Waals surface area contributed by atoms with Gasteiger partial charge in [0.15, 0.2) is 0 Å². The van der Waals surface area contributed by atoms with Gasteiger partial charge >= 0.3 is 0 Å². The minimum atomic E-state index is 0.986. The molecule has 2 nitrogen and oxygen atoms in total. The third-order valence-corrected chi connectivity index (χ3v) is 1.25. The van der Waals surface area contributed by atoms with Crippen molar-refractivity contribution in [3.8, 4) is 0 Å². The fourth-order valence-corrected chi connectivity index (χ4v) is 0.847. The Balaban J connectivity index is 2.67. The zero-order chi connectivity index (χ0) is 5.40. The van der Waals surface area contributed by atoms with Crippen LogP contribution in [0.15, 0.2) is 12.3 Å². The molecule has 2 heterocycles.